The first-order valence-corrected chi connectivity index (χ1v) is 5.43. The highest BCUT2D eigenvalue weighted by Crippen LogP contribution is 2.28. The first-order valence-electron chi connectivity index (χ1n) is 4.55. The van der Waals surface area contributed by atoms with E-state index in [9.17, 15) is 9.18 Å². The third-order valence-corrected chi connectivity index (χ3v) is 3.35. The van der Waals surface area contributed by atoms with Crippen LogP contribution in [0.2, 0.25) is 0 Å². The molecule has 0 saturated heterocycles. The quantitative estimate of drug-likeness (QED) is 0.609. The molecule has 1 aromatic rings. The largest absolute Gasteiger partial charge is 0.399 e. The van der Waals surface area contributed by atoms with Gasteiger partial charge in [-0.3, -0.25) is 4.79 Å². The van der Waals surface area contributed by atoms with Gasteiger partial charge < -0.3 is 11.5 Å². The number of hydrogen-bond donors (Lipinski definition) is 2. The number of halogens is 1. The molecule has 3 nitrogen and oxygen atoms in total. The lowest BCUT2D eigenvalue weighted by molar-refractivity contribution is -0.117. The summed E-state index contributed by atoms with van der Waals surface area (Å²) >= 11 is 1.13. The van der Waals surface area contributed by atoms with Gasteiger partial charge in [-0.05, 0) is 24.6 Å². The Labute approximate surface area is 92.0 Å². The maximum atomic E-state index is 13.4. The minimum Gasteiger partial charge on any atom is -0.399 e. The molecule has 1 unspecified atom stereocenters. The Morgan fingerprint density at radius 3 is 2.73 bits per heavy atom. The molecule has 0 aromatic heterocycles. The fourth-order valence-corrected chi connectivity index (χ4v) is 2.02. The summed E-state index contributed by atoms with van der Waals surface area (Å²) < 4.78 is 13.4. The molecule has 0 fully saturated rings. The van der Waals surface area contributed by atoms with Crippen molar-refractivity contribution in [3.8, 4) is 0 Å². The minimum absolute atomic E-state index is 0.365. The van der Waals surface area contributed by atoms with Gasteiger partial charge in [0.25, 0.3) is 0 Å². The molecule has 5 heteroatoms. The number of anilines is 1. The molecule has 0 saturated carbocycles. The number of carbonyl (C=O) groups is 1. The predicted molar refractivity (Wildman–Crippen MR) is 59.9 cm³/mol. The molecule has 0 aliphatic rings. The minimum atomic E-state index is -0.432. The molecular weight excluding hydrogens is 215 g/mol. The number of hydrogen-bond acceptors (Lipinski definition) is 3. The third kappa shape index (κ3) is 3.13. The van der Waals surface area contributed by atoms with Gasteiger partial charge in [0.05, 0.1) is 5.25 Å². The molecule has 0 heterocycles. The van der Waals surface area contributed by atoms with E-state index in [2.05, 4.69) is 0 Å². The lowest BCUT2D eigenvalue weighted by atomic mass is 10.3. The molecule has 0 spiro atoms. The first-order chi connectivity index (χ1) is 7.04. The molecule has 82 valence electrons. The molecular formula is C10H13FN2OS. The van der Waals surface area contributed by atoms with Crippen LogP contribution in [0.5, 0.6) is 0 Å². The van der Waals surface area contributed by atoms with Crippen molar-refractivity contribution in [3.63, 3.8) is 0 Å². The van der Waals surface area contributed by atoms with Crippen molar-refractivity contribution < 1.29 is 9.18 Å². The van der Waals surface area contributed by atoms with E-state index >= 15 is 0 Å². The zero-order valence-corrected chi connectivity index (χ0v) is 9.18. The molecule has 1 amide bonds. The number of rotatable bonds is 4. The monoisotopic (exact) mass is 228 g/mol. The number of nitrogens with two attached hydrogens (primary N) is 2. The number of thioether (sulfide) groups is 1. The van der Waals surface area contributed by atoms with Crippen molar-refractivity contribution in [1.82, 2.24) is 0 Å². The van der Waals surface area contributed by atoms with Crippen LogP contribution in [0.3, 0.4) is 0 Å². The van der Waals surface area contributed by atoms with Gasteiger partial charge in [-0.1, -0.05) is 6.92 Å². The van der Waals surface area contributed by atoms with E-state index in [0.29, 0.717) is 17.0 Å². The average Bonchev–Trinajstić information content (AvgIpc) is 2.16. The molecule has 15 heavy (non-hydrogen) atoms. The zero-order valence-electron chi connectivity index (χ0n) is 8.37. The summed E-state index contributed by atoms with van der Waals surface area (Å²) in [5.41, 5.74) is 10.9. The molecule has 1 rings (SSSR count). The van der Waals surface area contributed by atoms with E-state index in [0.717, 1.165) is 11.8 Å². The summed E-state index contributed by atoms with van der Waals surface area (Å²) in [5, 5.41) is -0.400. The van der Waals surface area contributed by atoms with Crippen molar-refractivity contribution in [2.45, 2.75) is 23.5 Å². The van der Waals surface area contributed by atoms with E-state index in [1.807, 2.05) is 6.92 Å². The smallest absolute Gasteiger partial charge is 0.230 e. The van der Waals surface area contributed by atoms with Crippen molar-refractivity contribution in [1.29, 1.82) is 0 Å². The molecule has 0 bridgehead atoms. The number of nitrogen functional groups attached to an aromatic ring is 1. The number of primary amides is 1. The highest BCUT2D eigenvalue weighted by molar-refractivity contribution is 8.00. The van der Waals surface area contributed by atoms with E-state index in [-0.39, 0.29) is 0 Å². The van der Waals surface area contributed by atoms with Gasteiger partial charge in [-0.2, -0.15) is 0 Å². The summed E-state index contributed by atoms with van der Waals surface area (Å²) in [6.45, 7) is 1.83. The fourth-order valence-electron chi connectivity index (χ4n) is 1.11. The Balaban J connectivity index is 2.84. The molecule has 4 N–H and O–H groups in total. The van der Waals surface area contributed by atoms with Crippen LogP contribution < -0.4 is 11.5 Å². The van der Waals surface area contributed by atoms with Crippen LogP contribution in [0.15, 0.2) is 23.1 Å². The Bertz CT molecular complexity index is 370. The summed E-state index contributed by atoms with van der Waals surface area (Å²) in [6, 6.07) is 4.39. The second-order valence-electron chi connectivity index (χ2n) is 3.11. The van der Waals surface area contributed by atoms with Gasteiger partial charge >= 0.3 is 0 Å². The highest BCUT2D eigenvalue weighted by Gasteiger charge is 2.16. The summed E-state index contributed by atoms with van der Waals surface area (Å²) in [6.07, 6.45) is 0.573. The molecule has 0 radical (unpaired) electrons. The summed E-state index contributed by atoms with van der Waals surface area (Å²) in [4.78, 5) is 11.4. The van der Waals surface area contributed by atoms with Crippen LogP contribution in [0.1, 0.15) is 13.3 Å². The SMILES string of the molecule is CCC(Sc1ccc(N)cc1F)C(N)=O. The predicted octanol–water partition coefficient (Wildman–Crippen LogP) is 1.76. The van der Waals surface area contributed by atoms with Gasteiger partial charge in [0.2, 0.25) is 5.91 Å². The normalized spacial score (nSPS) is 12.4. The van der Waals surface area contributed by atoms with Gasteiger partial charge in [-0.15, -0.1) is 11.8 Å². The van der Waals surface area contributed by atoms with Crippen LogP contribution >= 0.6 is 11.8 Å². The van der Waals surface area contributed by atoms with Gasteiger partial charge in [0.1, 0.15) is 5.82 Å². The van der Waals surface area contributed by atoms with Crippen LogP contribution in [0.4, 0.5) is 10.1 Å². The van der Waals surface area contributed by atoms with Crippen LogP contribution in [0, 0.1) is 5.82 Å². The Kier molecular flexibility index (Phi) is 3.96. The topological polar surface area (TPSA) is 69.1 Å². The van der Waals surface area contributed by atoms with Gasteiger partial charge in [0.15, 0.2) is 0 Å². The van der Waals surface area contributed by atoms with Crippen molar-refractivity contribution >= 4 is 23.4 Å². The maximum absolute atomic E-state index is 13.4. The Hall–Kier alpha value is -1.23. The standard InChI is InChI=1S/C10H13FN2OS/c1-2-8(10(13)14)15-9-4-3-6(12)5-7(9)11/h3-5,8H,2,12H2,1H3,(H2,13,14). The van der Waals surface area contributed by atoms with Gasteiger partial charge in [-0.25, -0.2) is 4.39 Å². The van der Waals surface area contributed by atoms with Gasteiger partial charge in [0, 0.05) is 10.6 Å². The lowest BCUT2D eigenvalue weighted by Gasteiger charge is -2.10. The summed E-state index contributed by atoms with van der Waals surface area (Å²) in [5.74, 6) is -0.849. The third-order valence-electron chi connectivity index (χ3n) is 1.91. The number of amides is 1. The van der Waals surface area contributed by atoms with Crippen molar-refractivity contribution in [3.05, 3.63) is 24.0 Å². The second kappa shape index (κ2) is 5.02. The summed E-state index contributed by atoms with van der Waals surface area (Å²) in [7, 11) is 0. The maximum Gasteiger partial charge on any atom is 0.230 e. The number of carbonyl (C=O) groups excluding carboxylic acids is 1. The van der Waals surface area contributed by atoms with Crippen LogP contribution in [-0.4, -0.2) is 11.2 Å². The van der Waals surface area contributed by atoms with Crippen LogP contribution in [0.25, 0.3) is 0 Å². The second-order valence-corrected chi connectivity index (χ2v) is 4.35. The molecule has 1 aromatic carbocycles. The van der Waals surface area contributed by atoms with E-state index in [4.69, 9.17) is 11.5 Å². The fraction of sp³-hybridized carbons (Fsp3) is 0.300. The van der Waals surface area contributed by atoms with E-state index in [1.165, 1.54) is 6.07 Å². The molecule has 0 aliphatic heterocycles. The van der Waals surface area contributed by atoms with E-state index < -0.39 is 17.0 Å². The molecule has 1 atom stereocenters. The Morgan fingerprint density at radius 1 is 1.60 bits per heavy atom. The molecule has 0 aliphatic carbocycles. The zero-order chi connectivity index (χ0) is 11.4. The van der Waals surface area contributed by atoms with Crippen molar-refractivity contribution in [2.75, 3.05) is 5.73 Å². The number of benzene rings is 1. The average molecular weight is 228 g/mol. The van der Waals surface area contributed by atoms with Crippen LogP contribution in [-0.2, 0) is 4.79 Å². The lowest BCUT2D eigenvalue weighted by Crippen LogP contribution is -2.24. The van der Waals surface area contributed by atoms with Crippen molar-refractivity contribution in [2.24, 2.45) is 5.73 Å². The Morgan fingerprint density at radius 2 is 2.27 bits per heavy atom. The van der Waals surface area contributed by atoms with E-state index in [1.54, 1.807) is 12.1 Å². The highest BCUT2D eigenvalue weighted by atomic mass is 32.2. The first kappa shape index (κ1) is 11.8.